The second-order valence-corrected chi connectivity index (χ2v) is 3.36. The van der Waals surface area contributed by atoms with Crippen LogP contribution in [-0.4, -0.2) is 24.4 Å². The van der Waals surface area contributed by atoms with Crippen LogP contribution in [0.4, 0.5) is 0 Å². The van der Waals surface area contributed by atoms with Crippen molar-refractivity contribution in [2.24, 2.45) is 5.92 Å². The molecule has 1 N–H and O–H groups in total. The van der Waals surface area contributed by atoms with Crippen LogP contribution in [0.5, 0.6) is 0 Å². The maximum absolute atomic E-state index is 9.70. The monoisotopic (exact) mass is 158 g/mol. The Morgan fingerprint density at radius 3 is 2.45 bits per heavy atom. The highest BCUT2D eigenvalue weighted by Crippen LogP contribution is 2.31. The quantitative estimate of drug-likeness (QED) is 0.673. The lowest BCUT2D eigenvalue weighted by atomic mass is 9.79. The molecule has 1 aliphatic carbocycles. The van der Waals surface area contributed by atoms with Crippen LogP contribution in [0, 0.1) is 5.92 Å². The van der Waals surface area contributed by atoms with Crippen molar-refractivity contribution in [2.45, 2.75) is 44.8 Å². The Kier molecular flexibility index (Phi) is 3.34. The summed E-state index contributed by atoms with van der Waals surface area (Å²) >= 11 is 0. The first kappa shape index (κ1) is 9.01. The second-order valence-electron chi connectivity index (χ2n) is 3.36. The van der Waals surface area contributed by atoms with Crippen molar-refractivity contribution < 1.29 is 9.84 Å². The van der Waals surface area contributed by atoms with Gasteiger partial charge in [-0.25, -0.2) is 0 Å². The standard InChI is InChI=1S/C9H18O2/c1-3-8(11-2)9(10)7-5-4-6-7/h7-10H,3-6H2,1-2H3. The number of hydrogen-bond donors (Lipinski definition) is 1. The molecule has 0 spiro atoms. The van der Waals surface area contributed by atoms with Gasteiger partial charge in [0.2, 0.25) is 0 Å². The predicted octanol–water partition coefficient (Wildman–Crippen LogP) is 1.57. The number of aliphatic hydroxyl groups excluding tert-OH is 1. The molecule has 2 atom stereocenters. The molecule has 0 heterocycles. The van der Waals surface area contributed by atoms with E-state index in [4.69, 9.17) is 4.74 Å². The van der Waals surface area contributed by atoms with Crippen LogP contribution in [0.2, 0.25) is 0 Å². The molecule has 0 bridgehead atoms. The summed E-state index contributed by atoms with van der Waals surface area (Å²) in [5.41, 5.74) is 0. The summed E-state index contributed by atoms with van der Waals surface area (Å²) in [7, 11) is 1.68. The summed E-state index contributed by atoms with van der Waals surface area (Å²) < 4.78 is 5.17. The minimum Gasteiger partial charge on any atom is -0.390 e. The van der Waals surface area contributed by atoms with Crippen LogP contribution in [-0.2, 0) is 4.74 Å². The summed E-state index contributed by atoms with van der Waals surface area (Å²) in [5, 5.41) is 9.70. The van der Waals surface area contributed by atoms with Crippen molar-refractivity contribution in [3.8, 4) is 0 Å². The van der Waals surface area contributed by atoms with Gasteiger partial charge in [-0.2, -0.15) is 0 Å². The summed E-state index contributed by atoms with van der Waals surface area (Å²) in [6, 6.07) is 0. The van der Waals surface area contributed by atoms with Gasteiger partial charge < -0.3 is 9.84 Å². The minimum atomic E-state index is -0.223. The zero-order chi connectivity index (χ0) is 8.27. The number of methoxy groups -OCH3 is 1. The zero-order valence-corrected chi connectivity index (χ0v) is 7.42. The summed E-state index contributed by atoms with van der Waals surface area (Å²) in [6.07, 6.45) is 4.39. The van der Waals surface area contributed by atoms with Gasteiger partial charge in [0.1, 0.15) is 0 Å². The van der Waals surface area contributed by atoms with E-state index < -0.39 is 0 Å². The lowest BCUT2D eigenvalue weighted by Gasteiger charge is -2.34. The van der Waals surface area contributed by atoms with Crippen molar-refractivity contribution in [2.75, 3.05) is 7.11 Å². The van der Waals surface area contributed by atoms with Crippen LogP contribution in [0.1, 0.15) is 32.6 Å². The molecule has 0 aliphatic heterocycles. The van der Waals surface area contributed by atoms with E-state index in [1.807, 2.05) is 0 Å². The molecule has 0 amide bonds. The van der Waals surface area contributed by atoms with Gasteiger partial charge >= 0.3 is 0 Å². The van der Waals surface area contributed by atoms with Gasteiger partial charge in [0.25, 0.3) is 0 Å². The highest BCUT2D eigenvalue weighted by atomic mass is 16.5. The average molecular weight is 158 g/mol. The van der Waals surface area contributed by atoms with E-state index in [0.717, 1.165) is 6.42 Å². The summed E-state index contributed by atoms with van der Waals surface area (Å²) in [5.74, 6) is 0.514. The van der Waals surface area contributed by atoms with E-state index in [-0.39, 0.29) is 12.2 Å². The molecule has 0 aromatic rings. The highest BCUT2D eigenvalue weighted by Gasteiger charge is 2.30. The third-order valence-electron chi connectivity index (χ3n) is 2.72. The van der Waals surface area contributed by atoms with Crippen LogP contribution in [0.3, 0.4) is 0 Å². The van der Waals surface area contributed by atoms with Crippen molar-refractivity contribution in [1.29, 1.82) is 0 Å². The Morgan fingerprint density at radius 2 is 2.18 bits per heavy atom. The lowest BCUT2D eigenvalue weighted by Crippen LogP contribution is -2.37. The molecule has 2 heteroatoms. The van der Waals surface area contributed by atoms with Gasteiger partial charge in [-0.1, -0.05) is 13.3 Å². The Morgan fingerprint density at radius 1 is 1.55 bits per heavy atom. The van der Waals surface area contributed by atoms with Gasteiger partial charge in [-0.15, -0.1) is 0 Å². The molecule has 0 aromatic carbocycles. The molecule has 0 radical (unpaired) electrons. The number of aliphatic hydroxyl groups is 1. The van der Waals surface area contributed by atoms with Crippen molar-refractivity contribution >= 4 is 0 Å². The predicted molar refractivity (Wildman–Crippen MR) is 44.4 cm³/mol. The third kappa shape index (κ3) is 1.94. The maximum Gasteiger partial charge on any atom is 0.0830 e. The van der Waals surface area contributed by atoms with Crippen LogP contribution >= 0.6 is 0 Å². The zero-order valence-electron chi connectivity index (χ0n) is 7.42. The lowest BCUT2D eigenvalue weighted by molar-refractivity contribution is -0.0607. The van der Waals surface area contributed by atoms with Crippen molar-refractivity contribution in [1.82, 2.24) is 0 Å². The van der Waals surface area contributed by atoms with Gasteiger partial charge in [-0.05, 0) is 25.2 Å². The van der Waals surface area contributed by atoms with Crippen LogP contribution in [0.15, 0.2) is 0 Å². The van der Waals surface area contributed by atoms with Crippen LogP contribution < -0.4 is 0 Å². The fraction of sp³-hybridized carbons (Fsp3) is 1.00. The Bertz CT molecular complexity index is 106. The van der Waals surface area contributed by atoms with E-state index >= 15 is 0 Å². The maximum atomic E-state index is 9.70. The van der Waals surface area contributed by atoms with Gasteiger partial charge in [0, 0.05) is 7.11 Å². The van der Waals surface area contributed by atoms with E-state index in [1.165, 1.54) is 19.3 Å². The first-order valence-corrected chi connectivity index (χ1v) is 4.50. The highest BCUT2D eigenvalue weighted by molar-refractivity contribution is 4.81. The van der Waals surface area contributed by atoms with E-state index in [9.17, 15) is 5.11 Å². The Hall–Kier alpha value is -0.0800. The molecule has 0 aromatic heterocycles. The van der Waals surface area contributed by atoms with E-state index in [1.54, 1.807) is 7.11 Å². The van der Waals surface area contributed by atoms with Crippen molar-refractivity contribution in [3.63, 3.8) is 0 Å². The summed E-state index contributed by atoms with van der Waals surface area (Å²) in [6.45, 7) is 2.05. The fourth-order valence-electron chi connectivity index (χ4n) is 1.63. The molecule has 2 nitrogen and oxygen atoms in total. The molecule has 0 saturated heterocycles. The number of rotatable bonds is 4. The average Bonchev–Trinajstić information content (AvgIpc) is 1.86. The minimum absolute atomic E-state index is 0.0558. The molecule has 1 rings (SSSR count). The molecule has 11 heavy (non-hydrogen) atoms. The van der Waals surface area contributed by atoms with Gasteiger partial charge in [-0.3, -0.25) is 0 Å². The topological polar surface area (TPSA) is 29.5 Å². The third-order valence-corrected chi connectivity index (χ3v) is 2.72. The fourth-order valence-corrected chi connectivity index (χ4v) is 1.63. The molecule has 1 saturated carbocycles. The molecular formula is C9H18O2. The summed E-state index contributed by atoms with van der Waals surface area (Å²) in [4.78, 5) is 0. The smallest absolute Gasteiger partial charge is 0.0830 e. The van der Waals surface area contributed by atoms with Gasteiger partial charge in [0.05, 0.1) is 12.2 Å². The van der Waals surface area contributed by atoms with Crippen LogP contribution in [0.25, 0.3) is 0 Å². The SMILES string of the molecule is CCC(OC)C(O)C1CCC1. The number of ether oxygens (including phenoxy) is 1. The first-order valence-electron chi connectivity index (χ1n) is 4.50. The molecule has 66 valence electrons. The molecular weight excluding hydrogens is 140 g/mol. The second kappa shape index (κ2) is 4.07. The van der Waals surface area contributed by atoms with E-state index in [0.29, 0.717) is 5.92 Å². The molecule has 2 unspecified atom stereocenters. The Labute approximate surface area is 68.6 Å². The van der Waals surface area contributed by atoms with Gasteiger partial charge in [0.15, 0.2) is 0 Å². The Balaban J connectivity index is 2.30. The molecule has 1 fully saturated rings. The molecule has 1 aliphatic rings. The van der Waals surface area contributed by atoms with Crippen molar-refractivity contribution in [3.05, 3.63) is 0 Å². The normalized spacial score (nSPS) is 24.3. The largest absolute Gasteiger partial charge is 0.390 e. The van der Waals surface area contributed by atoms with E-state index in [2.05, 4.69) is 6.92 Å². The number of hydrogen-bond acceptors (Lipinski definition) is 2. The first-order chi connectivity index (χ1) is 5.29.